The summed E-state index contributed by atoms with van der Waals surface area (Å²) < 4.78 is 6.22. The molecule has 0 atom stereocenters. The van der Waals surface area contributed by atoms with Crippen molar-refractivity contribution in [1.82, 2.24) is 19.9 Å². The van der Waals surface area contributed by atoms with Crippen LogP contribution in [0.1, 0.15) is 0 Å². The lowest BCUT2D eigenvalue weighted by molar-refractivity contribution is 0.656. The van der Waals surface area contributed by atoms with E-state index in [9.17, 15) is 0 Å². The summed E-state index contributed by atoms with van der Waals surface area (Å²) in [5, 5.41) is 5.25. The van der Waals surface area contributed by atoms with Crippen LogP contribution in [0.25, 0.3) is 77.9 Å². The molecule has 0 aliphatic heterocycles. The summed E-state index contributed by atoms with van der Waals surface area (Å²) in [6.07, 6.45) is 0. The largest absolute Gasteiger partial charge is 0.438 e. The minimum Gasteiger partial charge on any atom is -0.438 e. The van der Waals surface area contributed by atoms with Crippen LogP contribution < -0.4 is 0 Å². The van der Waals surface area contributed by atoms with Crippen molar-refractivity contribution in [3.05, 3.63) is 121 Å². The summed E-state index contributed by atoms with van der Waals surface area (Å²) in [5.41, 5.74) is 5.00. The van der Waals surface area contributed by atoms with E-state index in [0.29, 0.717) is 23.2 Å². The highest BCUT2D eigenvalue weighted by molar-refractivity contribution is 6.13. The molecule has 0 spiro atoms. The Morgan fingerprint density at radius 2 is 1.18 bits per heavy atom. The van der Waals surface area contributed by atoms with Crippen LogP contribution in [0.15, 0.2) is 126 Å². The first kappa shape index (κ1) is 21.6. The molecule has 8 aromatic rings. The van der Waals surface area contributed by atoms with Gasteiger partial charge in [-0.05, 0) is 35.0 Å². The first-order chi connectivity index (χ1) is 19.3. The summed E-state index contributed by atoms with van der Waals surface area (Å²) in [6, 6.07) is 40.8. The molecule has 5 nitrogen and oxygen atoms in total. The molecule has 0 unspecified atom stereocenters. The number of hydrogen-bond donors (Lipinski definition) is 0. The minimum atomic E-state index is 0.591. The Kier molecular flexibility index (Phi) is 4.76. The van der Waals surface area contributed by atoms with Gasteiger partial charge in [-0.25, -0.2) is 19.9 Å². The summed E-state index contributed by atoms with van der Waals surface area (Å²) in [7, 11) is 0. The highest BCUT2D eigenvalue weighted by Gasteiger charge is 2.18. The topological polar surface area (TPSA) is 64.7 Å². The zero-order chi connectivity index (χ0) is 25.8. The molecular formula is C34H20N4O. The molecular weight excluding hydrogens is 480 g/mol. The van der Waals surface area contributed by atoms with Crippen LogP contribution in [0.3, 0.4) is 0 Å². The van der Waals surface area contributed by atoms with Crippen molar-refractivity contribution in [3.8, 4) is 34.2 Å². The van der Waals surface area contributed by atoms with E-state index < -0.39 is 0 Å². The van der Waals surface area contributed by atoms with Gasteiger partial charge in [0.05, 0.1) is 5.52 Å². The highest BCUT2D eigenvalue weighted by Crippen LogP contribution is 2.37. The number of nitrogens with zero attached hydrogens (tertiary/aromatic N) is 4. The monoisotopic (exact) mass is 500 g/mol. The van der Waals surface area contributed by atoms with Gasteiger partial charge in [-0.1, -0.05) is 97.1 Å². The second-order valence-electron chi connectivity index (χ2n) is 9.55. The SMILES string of the molecule is c1ccc(-c2nc(-c3ccc4ccccc4c3)nc(-c3cccc4oc5nc6ccccc6cc5c34)n2)cc1. The quantitative estimate of drug-likeness (QED) is 0.243. The smallest absolute Gasteiger partial charge is 0.227 e. The van der Waals surface area contributed by atoms with Gasteiger partial charge in [0.15, 0.2) is 17.5 Å². The maximum absolute atomic E-state index is 6.22. The number of aromatic nitrogens is 4. The van der Waals surface area contributed by atoms with Crippen molar-refractivity contribution in [3.63, 3.8) is 0 Å². The number of hydrogen-bond acceptors (Lipinski definition) is 5. The van der Waals surface area contributed by atoms with Crippen LogP contribution in [-0.4, -0.2) is 19.9 Å². The first-order valence-corrected chi connectivity index (χ1v) is 12.8. The van der Waals surface area contributed by atoms with E-state index in [1.165, 1.54) is 5.39 Å². The van der Waals surface area contributed by atoms with Gasteiger partial charge in [0.2, 0.25) is 5.71 Å². The molecule has 5 aromatic carbocycles. The first-order valence-electron chi connectivity index (χ1n) is 12.8. The molecule has 182 valence electrons. The minimum absolute atomic E-state index is 0.591. The molecule has 5 heteroatoms. The van der Waals surface area contributed by atoms with Gasteiger partial charge in [0.1, 0.15) is 5.58 Å². The van der Waals surface area contributed by atoms with Crippen LogP contribution in [0.5, 0.6) is 0 Å². The van der Waals surface area contributed by atoms with Crippen LogP contribution in [-0.2, 0) is 0 Å². The second-order valence-corrected chi connectivity index (χ2v) is 9.55. The maximum Gasteiger partial charge on any atom is 0.227 e. The van der Waals surface area contributed by atoms with Crippen LogP contribution in [0, 0.1) is 0 Å². The van der Waals surface area contributed by atoms with E-state index >= 15 is 0 Å². The molecule has 0 aliphatic carbocycles. The number of pyridine rings is 1. The maximum atomic E-state index is 6.22. The molecule has 0 fully saturated rings. The Bertz CT molecular complexity index is 2180. The van der Waals surface area contributed by atoms with Gasteiger partial charge in [-0.2, -0.15) is 0 Å². The average molecular weight is 501 g/mol. The van der Waals surface area contributed by atoms with E-state index in [4.69, 9.17) is 24.4 Å². The summed E-state index contributed by atoms with van der Waals surface area (Å²) >= 11 is 0. The Morgan fingerprint density at radius 1 is 0.462 bits per heavy atom. The van der Waals surface area contributed by atoms with E-state index in [0.717, 1.165) is 49.3 Å². The second kappa shape index (κ2) is 8.57. The van der Waals surface area contributed by atoms with E-state index in [-0.39, 0.29) is 0 Å². The molecule has 0 N–H and O–H groups in total. The lowest BCUT2D eigenvalue weighted by Gasteiger charge is -2.10. The van der Waals surface area contributed by atoms with Crippen molar-refractivity contribution in [1.29, 1.82) is 0 Å². The fourth-order valence-corrected chi connectivity index (χ4v) is 5.21. The van der Waals surface area contributed by atoms with Gasteiger partial charge in [-0.3, -0.25) is 0 Å². The zero-order valence-corrected chi connectivity index (χ0v) is 20.7. The van der Waals surface area contributed by atoms with Gasteiger partial charge in [-0.15, -0.1) is 0 Å². The lowest BCUT2D eigenvalue weighted by Crippen LogP contribution is -2.00. The van der Waals surface area contributed by atoms with Gasteiger partial charge < -0.3 is 4.42 Å². The van der Waals surface area contributed by atoms with E-state index in [2.05, 4.69) is 42.5 Å². The molecule has 0 amide bonds. The van der Waals surface area contributed by atoms with Crippen LogP contribution in [0.2, 0.25) is 0 Å². The predicted molar refractivity (Wildman–Crippen MR) is 156 cm³/mol. The van der Waals surface area contributed by atoms with E-state index in [1.807, 2.05) is 78.9 Å². The Morgan fingerprint density at radius 3 is 2.05 bits per heavy atom. The molecule has 0 radical (unpaired) electrons. The number of para-hydroxylation sites is 1. The predicted octanol–water partition coefficient (Wildman–Crippen LogP) is 8.47. The molecule has 0 bridgehead atoms. The third-order valence-electron chi connectivity index (χ3n) is 7.11. The zero-order valence-electron chi connectivity index (χ0n) is 20.7. The van der Waals surface area contributed by atoms with Crippen molar-refractivity contribution in [2.24, 2.45) is 0 Å². The van der Waals surface area contributed by atoms with Crippen LogP contribution >= 0.6 is 0 Å². The number of rotatable bonds is 3. The fourth-order valence-electron chi connectivity index (χ4n) is 5.21. The number of furan rings is 1. The highest BCUT2D eigenvalue weighted by atomic mass is 16.3. The van der Waals surface area contributed by atoms with Crippen LogP contribution in [0.4, 0.5) is 0 Å². The van der Waals surface area contributed by atoms with Crippen molar-refractivity contribution < 1.29 is 4.42 Å². The number of benzene rings is 5. The Labute approximate surface area is 223 Å². The summed E-state index contributed by atoms with van der Waals surface area (Å²) in [5.74, 6) is 1.84. The van der Waals surface area contributed by atoms with Crippen molar-refractivity contribution in [2.45, 2.75) is 0 Å². The molecule has 3 aromatic heterocycles. The third kappa shape index (κ3) is 3.63. The Balaban J connectivity index is 1.41. The van der Waals surface area contributed by atoms with Gasteiger partial charge in [0.25, 0.3) is 0 Å². The Hall–Kier alpha value is -5.42. The van der Waals surface area contributed by atoms with Gasteiger partial charge in [0, 0.05) is 32.8 Å². The molecule has 8 rings (SSSR count). The fraction of sp³-hybridized carbons (Fsp3) is 0. The molecule has 0 aliphatic rings. The average Bonchev–Trinajstić information content (AvgIpc) is 3.37. The molecule has 39 heavy (non-hydrogen) atoms. The number of fused-ring (bicyclic) bond motifs is 5. The third-order valence-corrected chi connectivity index (χ3v) is 7.11. The lowest BCUT2D eigenvalue weighted by atomic mass is 10.0. The standard InChI is InChI=1S/C34H20N4O/c1-2-10-22(11-3-1)31-36-32(25-18-17-21-9-4-5-12-23(21)19-25)38-33(37-31)26-14-8-16-29-30(26)27-20-24-13-6-7-15-28(24)35-34(27)39-29/h1-20H. The van der Waals surface area contributed by atoms with Crippen molar-refractivity contribution >= 4 is 43.7 Å². The summed E-state index contributed by atoms with van der Waals surface area (Å²) in [6.45, 7) is 0. The molecule has 0 saturated carbocycles. The van der Waals surface area contributed by atoms with Crippen molar-refractivity contribution in [2.75, 3.05) is 0 Å². The summed E-state index contributed by atoms with van der Waals surface area (Å²) in [4.78, 5) is 19.7. The molecule has 0 saturated heterocycles. The normalized spacial score (nSPS) is 11.6. The van der Waals surface area contributed by atoms with Gasteiger partial charge >= 0.3 is 0 Å². The van der Waals surface area contributed by atoms with E-state index in [1.54, 1.807) is 0 Å². The molecule has 3 heterocycles.